The maximum absolute atomic E-state index is 13.8. The van der Waals surface area contributed by atoms with Crippen molar-refractivity contribution in [3.8, 4) is 11.5 Å². The molecule has 0 saturated carbocycles. The minimum absolute atomic E-state index is 0.119. The highest BCUT2D eigenvalue weighted by atomic mass is 35.5. The van der Waals surface area contributed by atoms with Crippen molar-refractivity contribution >= 4 is 46.3 Å². The molecule has 0 saturated heterocycles. The number of allylic oxidation sites excluding steroid dienone is 1. The lowest BCUT2D eigenvalue weighted by Gasteiger charge is -2.30. The highest BCUT2D eigenvalue weighted by Crippen LogP contribution is 2.41. The Kier molecular flexibility index (Phi) is 5.75. The van der Waals surface area contributed by atoms with Crippen LogP contribution in [0.15, 0.2) is 76.0 Å². The zero-order valence-corrected chi connectivity index (χ0v) is 21.5. The summed E-state index contributed by atoms with van der Waals surface area (Å²) in [4.78, 5) is 19.4. The Morgan fingerprint density at radius 2 is 1.89 bits per heavy atom. The van der Waals surface area contributed by atoms with E-state index < -0.39 is 0 Å². The summed E-state index contributed by atoms with van der Waals surface area (Å²) in [6, 6.07) is 18.9. The summed E-state index contributed by atoms with van der Waals surface area (Å²) < 4.78 is 7.55. The zero-order chi connectivity index (χ0) is 25.0. The molecule has 180 valence electrons. The Bertz CT molecular complexity index is 1740. The monoisotopic (exact) mass is 534 g/mol. The van der Waals surface area contributed by atoms with E-state index in [0.717, 1.165) is 41.0 Å². The van der Waals surface area contributed by atoms with E-state index in [1.54, 1.807) is 23.8 Å². The number of aromatic nitrogens is 1. The summed E-state index contributed by atoms with van der Waals surface area (Å²) in [5.41, 5.74) is 5.60. The van der Waals surface area contributed by atoms with Gasteiger partial charge in [-0.2, -0.15) is 0 Å². The number of hydrogen-bond acceptors (Lipinski definition) is 5. The standard InChI is InChI=1S/C28H20Cl2N2O3S/c1-35-19-9-6-16(7-10-19)25-21-11-8-15-4-2-3-5-20(15)24(21)31-28-32(25)27(34)23(36-28)13-17-12-18(29)14-22(30)26(17)33/h2-7,9-10,12-14,25,33H,8,11H2,1H3/b23-13-/t25-/m1/s1. The van der Waals surface area contributed by atoms with Crippen molar-refractivity contribution < 1.29 is 9.84 Å². The number of phenolic OH excluding ortho intramolecular Hbond substituents is 1. The number of methoxy groups -OCH3 is 1. The molecule has 1 aliphatic heterocycles. The van der Waals surface area contributed by atoms with E-state index in [9.17, 15) is 9.90 Å². The van der Waals surface area contributed by atoms with Gasteiger partial charge in [-0.05, 0) is 59.9 Å². The maximum atomic E-state index is 13.8. The number of aryl methyl sites for hydroxylation is 1. The van der Waals surface area contributed by atoms with E-state index in [1.165, 1.54) is 23.0 Å². The first-order valence-corrected chi connectivity index (χ1v) is 13.0. The molecule has 3 aromatic carbocycles. The fraction of sp³-hybridized carbons (Fsp3) is 0.143. The van der Waals surface area contributed by atoms with Crippen molar-refractivity contribution in [1.82, 2.24) is 4.57 Å². The molecule has 36 heavy (non-hydrogen) atoms. The number of nitrogens with zero attached hydrogens (tertiary/aromatic N) is 2. The molecule has 0 unspecified atom stereocenters. The van der Waals surface area contributed by atoms with Gasteiger partial charge in [0, 0.05) is 16.1 Å². The topological polar surface area (TPSA) is 63.8 Å². The lowest BCUT2D eigenvalue weighted by atomic mass is 9.83. The van der Waals surface area contributed by atoms with Gasteiger partial charge in [0.25, 0.3) is 5.56 Å². The third-order valence-corrected chi connectivity index (χ3v) is 8.14. The predicted octanol–water partition coefficient (Wildman–Crippen LogP) is 5.34. The largest absolute Gasteiger partial charge is 0.506 e. The molecule has 6 rings (SSSR count). The molecule has 0 bridgehead atoms. The van der Waals surface area contributed by atoms with E-state index in [-0.39, 0.29) is 22.4 Å². The number of thiazole rings is 1. The third-order valence-electron chi connectivity index (χ3n) is 6.65. The van der Waals surface area contributed by atoms with Crippen molar-refractivity contribution in [2.45, 2.75) is 18.9 Å². The van der Waals surface area contributed by atoms with Gasteiger partial charge in [-0.1, -0.05) is 70.9 Å². The second-order valence-corrected chi connectivity index (χ2v) is 10.6. The average molecular weight is 535 g/mol. The molecule has 5 nitrogen and oxygen atoms in total. The van der Waals surface area contributed by atoms with Crippen molar-refractivity contribution in [3.05, 3.63) is 118 Å². The first kappa shape index (κ1) is 23.1. The number of benzene rings is 3. The highest BCUT2D eigenvalue weighted by Gasteiger charge is 2.32. The first-order valence-electron chi connectivity index (χ1n) is 11.4. The number of ether oxygens (including phenoxy) is 1. The van der Waals surface area contributed by atoms with Crippen molar-refractivity contribution in [2.24, 2.45) is 4.99 Å². The Labute approximate surface area is 220 Å². The molecule has 1 aromatic heterocycles. The molecule has 0 spiro atoms. The second-order valence-electron chi connectivity index (χ2n) is 8.71. The number of phenols is 1. The van der Waals surface area contributed by atoms with Crippen molar-refractivity contribution in [2.75, 3.05) is 7.11 Å². The fourth-order valence-corrected chi connectivity index (χ4v) is 6.45. The lowest BCUT2D eigenvalue weighted by Crippen LogP contribution is -2.38. The lowest BCUT2D eigenvalue weighted by molar-refractivity contribution is 0.414. The van der Waals surface area contributed by atoms with Gasteiger partial charge in [0.05, 0.1) is 28.4 Å². The molecular formula is C28H20Cl2N2O3S. The zero-order valence-electron chi connectivity index (χ0n) is 19.2. The van der Waals surface area contributed by atoms with Gasteiger partial charge < -0.3 is 9.84 Å². The van der Waals surface area contributed by atoms with Crippen LogP contribution in [-0.4, -0.2) is 16.8 Å². The van der Waals surface area contributed by atoms with E-state index >= 15 is 0 Å². The Morgan fingerprint density at radius 3 is 2.67 bits per heavy atom. The van der Waals surface area contributed by atoms with Gasteiger partial charge >= 0.3 is 0 Å². The number of aromatic hydroxyl groups is 1. The minimum Gasteiger partial charge on any atom is -0.506 e. The molecule has 0 amide bonds. The molecular weight excluding hydrogens is 515 g/mol. The maximum Gasteiger partial charge on any atom is 0.271 e. The van der Waals surface area contributed by atoms with Crippen LogP contribution >= 0.6 is 34.5 Å². The molecule has 4 aromatic rings. The number of fused-ring (bicyclic) bond motifs is 3. The Morgan fingerprint density at radius 1 is 1.11 bits per heavy atom. The summed E-state index contributed by atoms with van der Waals surface area (Å²) in [5.74, 6) is 0.634. The van der Waals surface area contributed by atoms with Gasteiger partial charge in [-0.3, -0.25) is 9.36 Å². The molecule has 0 fully saturated rings. The molecule has 1 atom stereocenters. The molecule has 2 heterocycles. The van der Waals surface area contributed by atoms with Gasteiger partial charge in [-0.25, -0.2) is 4.99 Å². The van der Waals surface area contributed by atoms with Gasteiger partial charge in [-0.15, -0.1) is 0 Å². The SMILES string of the molecule is COc1ccc([C@@H]2C3=C(N=c4s/c(=C\c5cc(Cl)cc(Cl)c5O)c(=O)n42)c2ccccc2CC3)cc1. The minimum atomic E-state index is -0.297. The van der Waals surface area contributed by atoms with E-state index in [1.807, 2.05) is 36.4 Å². The van der Waals surface area contributed by atoms with Gasteiger partial charge in [0.2, 0.25) is 0 Å². The third kappa shape index (κ3) is 3.77. The van der Waals surface area contributed by atoms with Crippen LogP contribution in [0.25, 0.3) is 11.8 Å². The quantitative estimate of drug-likeness (QED) is 0.385. The number of halogens is 2. The summed E-state index contributed by atoms with van der Waals surface area (Å²) in [7, 11) is 1.63. The van der Waals surface area contributed by atoms with Crippen molar-refractivity contribution in [3.63, 3.8) is 0 Å². The van der Waals surface area contributed by atoms with E-state index in [4.69, 9.17) is 32.9 Å². The Balaban J connectivity index is 1.62. The normalized spacial score (nSPS) is 16.8. The van der Waals surface area contributed by atoms with Gasteiger partial charge in [0.15, 0.2) is 4.80 Å². The van der Waals surface area contributed by atoms with Crippen LogP contribution in [0.3, 0.4) is 0 Å². The number of hydrogen-bond donors (Lipinski definition) is 1. The molecule has 2 aliphatic rings. The van der Waals surface area contributed by atoms with Crippen molar-refractivity contribution in [1.29, 1.82) is 0 Å². The second kappa shape index (κ2) is 8.96. The van der Waals surface area contributed by atoms with Crippen LogP contribution in [0.1, 0.15) is 34.7 Å². The smallest absolute Gasteiger partial charge is 0.271 e. The molecule has 1 N–H and O–H groups in total. The van der Waals surface area contributed by atoms with Crippen LogP contribution in [0.4, 0.5) is 0 Å². The van der Waals surface area contributed by atoms with Crippen LogP contribution in [-0.2, 0) is 6.42 Å². The fourth-order valence-electron chi connectivity index (χ4n) is 4.95. The summed E-state index contributed by atoms with van der Waals surface area (Å²) in [6.07, 6.45) is 3.32. The van der Waals surface area contributed by atoms with Crippen LogP contribution < -0.4 is 19.6 Å². The summed E-state index contributed by atoms with van der Waals surface area (Å²) in [6.45, 7) is 0. The Hall–Kier alpha value is -3.32. The van der Waals surface area contributed by atoms with Crippen LogP contribution in [0, 0.1) is 0 Å². The van der Waals surface area contributed by atoms with E-state index in [0.29, 0.717) is 19.9 Å². The summed E-state index contributed by atoms with van der Waals surface area (Å²) >= 11 is 13.6. The molecule has 0 radical (unpaired) electrons. The molecule has 1 aliphatic carbocycles. The van der Waals surface area contributed by atoms with Crippen LogP contribution in [0.5, 0.6) is 11.5 Å². The summed E-state index contributed by atoms with van der Waals surface area (Å²) in [5, 5.41) is 11.0. The van der Waals surface area contributed by atoms with E-state index in [2.05, 4.69) is 12.1 Å². The van der Waals surface area contributed by atoms with Crippen LogP contribution in [0.2, 0.25) is 10.0 Å². The highest BCUT2D eigenvalue weighted by molar-refractivity contribution is 7.07. The molecule has 8 heteroatoms. The average Bonchev–Trinajstić information content (AvgIpc) is 3.20. The first-order chi connectivity index (χ1) is 17.4. The van der Waals surface area contributed by atoms with Gasteiger partial charge in [0.1, 0.15) is 11.5 Å². The number of rotatable bonds is 3. The predicted molar refractivity (Wildman–Crippen MR) is 144 cm³/mol.